The maximum Gasteiger partial charge on any atom is 0.0910 e. The molecule has 1 nitrogen and oxygen atoms in total. The van der Waals surface area contributed by atoms with Crippen molar-refractivity contribution in [3.05, 3.63) is 20.8 Å². The highest BCUT2D eigenvalue weighted by atomic mass is 79.9. The summed E-state index contributed by atoms with van der Waals surface area (Å²) in [7, 11) is 0. The van der Waals surface area contributed by atoms with Crippen LogP contribution in [0, 0.1) is 17.8 Å². The van der Waals surface area contributed by atoms with Gasteiger partial charge >= 0.3 is 0 Å². The number of thiophene rings is 1. The Morgan fingerprint density at radius 3 is 2.61 bits per heavy atom. The molecule has 3 heteroatoms. The Bertz CT molecular complexity index is 403. The SMILES string of the molecule is OC(c1ccc(Br)s1)C1CCC2CCCCC2C1. The summed E-state index contributed by atoms with van der Waals surface area (Å²) in [6.45, 7) is 0. The summed E-state index contributed by atoms with van der Waals surface area (Å²) in [5, 5.41) is 10.5. The maximum absolute atomic E-state index is 10.5. The van der Waals surface area contributed by atoms with E-state index in [1.54, 1.807) is 11.3 Å². The fraction of sp³-hybridized carbons (Fsp3) is 0.733. The molecule has 0 aliphatic heterocycles. The molecule has 100 valence electrons. The van der Waals surface area contributed by atoms with Crippen LogP contribution in [0.3, 0.4) is 0 Å². The van der Waals surface area contributed by atoms with Gasteiger partial charge in [0.05, 0.1) is 9.89 Å². The van der Waals surface area contributed by atoms with Crippen molar-refractivity contribution in [3.8, 4) is 0 Å². The third-order valence-corrected chi connectivity index (χ3v) is 6.61. The number of aliphatic hydroxyl groups excluding tert-OH is 1. The lowest BCUT2D eigenvalue weighted by Crippen LogP contribution is -2.30. The van der Waals surface area contributed by atoms with E-state index >= 15 is 0 Å². The lowest BCUT2D eigenvalue weighted by molar-refractivity contribution is 0.0368. The minimum atomic E-state index is -0.232. The highest BCUT2D eigenvalue weighted by molar-refractivity contribution is 9.11. The van der Waals surface area contributed by atoms with Crippen LogP contribution in [-0.4, -0.2) is 5.11 Å². The van der Waals surface area contributed by atoms with Crippen molar-refractivity contribution in [2.45, 2.75) is 51.0 Å². The molecule has 0 spiro atoms. The van der Waals surface area contributed by atoms with Crippen LogP contribution in [0.25, 0.3) is 0 Å². The molecule has 3 rings (SSSR count). The molecule has 0 aromatic carbocycles. The molecule has 2 fully saturated rings. The summed E-state index contributed by atoms with van der Waals surface area (Å²) < 4.78 is 1.13. The molecule has 2 saturated carbocycles. The molecule has 0 amide bonds. The fourth-order valence-electron chi connectivity index (χ4n) is 3.92. The van der Waals surface area contributed by atoms with Crippen molar-refractivity contribution in [1.82, 2.24) is 0 Å². The molecule has 1 heterocycles. The van der Waals surface area contributed by atoms with Crippen LogP contribution < -0.4 is 0 Å². The number of fused-ring (bicyclic) bond motifs is 1. The minimum absolute atomic E-state index is 0.232. The van der Waals surface area contributed by atoms with Gasteiger partial charge in [-0.2, -0.15) is 0 Å². The third kappa shape index (κ3) is 2.68. The van der Waals surface area contributed by atoms with Crippen molar-refractivity contribution in [2.75, 3.05) is 0 Å². The van der Waals surface area contributed by atoms with Crippen LogP contribution in [0.4, 0.5) is 0 Å². The first-order chi connectivity index (χ1) is 8.74. The molecule has 4 unspecified atom stereocenters. The van der Waals surface area contributed by atoms with Crippen LogP contribution in [0.2, 0.25) is 0 Å². The molecular formula is C15H21BrOS. The number of hydrogen-bond donors (Lipinski definition) is 1. The van der Waals surface area contributed by atoms with Crippen LogP contribution >= 0.6 is 27.3 Å². The standard InChI is InChI=1S/C15H21BrOS/c16-14-8-7-13(18-14)15(17)12-6-5-10-3-1-2-4-11(10)9-12/h7-8,10-12,15,17H,1-6,9H2. The zero-order chi connectivity index (χ0) is 12.5. The molecule has 4 atom stereocenters. The zero-order valence-electron chi connectivity index (χ0n) is 10.6. The molecule has 2 aliphatic carbocycles. The topological polar surface area (TPSA) is 20.2 Å². The molecule has 1 aromatic heterocycles. The average molecular weight is 329 g/mol. The summed E-state index contributed by atoms with van der Waals surface area (Å²) in [4.78, 5) is 1.14. The Balaban J connectivity index is 1.66. The third-order valence-electron chi connectivity index (χ3n) is 4.91. The van der Waals surface area contributed by atoms with Gasteiger partial charge in [-0.15, -0.1) is 11.3 Å². The summed E-state index contributed by atoms with van der Waals surface area (Å²) >= 11 is 5.17. The summed E-state index contributed by atoms with van der Waals surface area (Å²) in [5.74, 6) is 2.36. The second kappa shape index (κ2) is 5.64. The molecule has 1 aromatic rings. The average Bonchev–Trinajstić information content (AvgIpc) is 2.84. The molecule has 0 saturated heterocycles. The van der Waals surface area contributed by atoms with Crippen LogP contribution in [-0.2, 0) is 0 Å². The predicted octanol–water partition coefficient (Wildman–Crippen LogP) is 5.15. The molecule has 2 aliphatic rings. The summed E-state index contributed by atoms with van der Waals surface area (Å²) in [6, 6.07) is 4.13. The Labute approximate surface area is 122 Å². The highest BCUT2D eigenvalue weighted by Crippen LogP contribution is 2.47. The van der Waals surface area contributed by atoms with Gasteiger partial charge in [0, 0.05) is 4.88 Å². The molecule has 0 bridgehead atoms. The highest BCUT2D eigenvalue weighted by Gasteiger charge is 2.35. The Morgan fingerprint density at radius 2 is 1.89 bits per heavy atom. The Kier molecular flexibility index (Phi) is 4.12. The van der Waals surface area contributed by atoms with Crippen molar-refractivity contribution in [1.29, 1.82) is 0 Å². The minimum Gasteiger partial charge on any atom is -0.387 e. The lowest BCUT2D eigenvalue weighted by Gasteiger charge is -2.40. The summed E-state index contributed by atoms with van der Waals surface area (Å²) in [6.07, 6.45) is 9.28. The van der Waals surface area contributed by atoms with Crippen LogP contribution in [0.5, 0.6) is 0 Å². The van der Waals surface area contributed by atoms with E-state index < -0.39 is 0 Å². The van der Waals surface area contributed by atoms with Crippen molar-refractivity contribution >= 4 is 27.3 Å². The van der Waals surface area contributed by atoms with Crippen LogP contribution in [0.1, 0.15) is 55.9 Å². The smallest absolute Gasteiger partial charge is 0.0910 e. The molecule has 1 N–H and O–H groups in total. The van der Waals surface area contributed by atoms with E-state index in [0.29, 0.717) is 5.92 Å². The normalized spacial score (nSPS) is 34.0. The van der Waals surface area contributed by atoms with E-state index in [9.17, 15) is 5.11 Å². The number of halogens is 1. The Morgan fingerprint density at radius 1 is 1.11 bits per heavy atom. The van der Waals surface area contributed by atoms with Gasteiger partial charge in [0.15, 0.2) is 0 Å². The van der Waals surface area contributed by atoms with Gasteiger partial charge in [0.25, 0.3) is 0 Å². The van der Waals surface area contributed by atoms with Crippen molar-refractivity contribution < 1.29 is 5.11 Å². The Hall–Kier alpha value is 0.140. The maximum atomic E-state index is 10.5. The largest absolute Gasteiger partial charge is 0.387 e. The molecular weight excluding hydrogens is 308 g/mol. The number of rotatable bonds is 2. The second-order valence-corrected chi connectivity index (χ2v) is 8.46. The predicted molar refractivity (Wildman–Crippen MR) is 79.8 cm³/mol. The molecule has 18 heavy (non-hydrogen) atoms. The molecule has 0 radical (unpaired) electrons. The van der Waals surface area contributed by atoms with E-state index in [2.05, 4.69) is 28.1 Å². The monoisotopic (exact) mass is 328 g/mol. The quantitative estimate of drug-likeness (QED) is 0.795. The van der Waals surface area contributed by atoms with Gasteiger partial charge in [0.1, 0.15) is 0 Å². The lowest BCUT2D eigenvalue weighted by atomic mass is 9.66. The van der Waals surface area contributed by atoms with Crippen LogP contribution in [0.15, 0.2) is 15.9 Å². The van der Waals surface area contributed by atoms with Crippen molar-refractivity contribution in [2.24, 2.45) is 17.8 Å². The number of hydrogen-bond acceptors (Lipinski definition) is 2. The van der Waals surface area contributed by atoms with Gasteiger partial charge in [-0.1, -0.05) is 25.7 Å². The van der Waals surface area contributed by atoms with Gasteiger partial charge < -0.3 is 5.11 Å². The first-order valence-corrected chi connectivity index (χ1v) is 8.78. The van der Waals surface area contributed by atoms with Gasteiger partial charge in [-0.05, 0) is 65.1 Å². The van der Waals surface area contributed by atoms with E-state index in [4.69, 9.17) is 0 Å². The first-order valence-electron chi connectivity index (χ1n) is 7.17. The van der Waals surface area contributed by atoms with E-state index in [-0.39, 0.29) is 6.10 Å². The van der Waals surface area contributed by atoms with Gasteiger partial charge in [-0.25, -0.2) is 0 Å². The van der Waals surface area contributed by atoms with Gasteiger partial charge in [-0.3, -0.25) is 0 Å². The zero-order valence-corrected chi connectivity index (χ0v) is 13.0. The van der Waals surface area contributed by atoms with Gasteiger partial charge in [0.2, 0.25) is 0 Å². The second-order valence-electron chi connectivity index (χ2n) is 5.96. The van der Waals surface area contributed by atoms with E-state index in [1.165, 1.54) is 44.9 Å². The fourth-order valence-corrected chi connectivity index (χ4v) is 5.42. The van der Waals surface area contributed by atoms with Crippen molar-refractivity contribution in [3.63, 3.8) is 0 Å². The van der Waals surface area contributed by atoms with E-state index in [1.807, 2.05) is 0 Å². The first kappa shape index (κ1) is 13.1. The number of aliphatic hydroxyl groups is 1. The van der Waals surface area contributed by atoms with E-state index in [0.717, 1.165) is 20.5 Å². The summed E-state index contributed by atoms with van der Waals surface area (Å²) in [5.41, 5.74) is 0.